The van der Waals surface area contributed by atoms with Crippen LogP contribution in [0.4, 0.5) is 10.1 Å². The molecular formula is C15H16FNO3. The van der Waals surface area contributed by atoms with Gasteiger partial charge in [0.2, 0.25) is 0 Å². The van der Waals surface area contributed by atoms with E-state index in [1.54, 1.807) is 19.1 Å². The fourth-order valence-electron chi connectivity index (χ4n) is 1.78. The van der Waals surface area contributed by atoms with Crippen molar-refractivity contribution in [2.24, 2.45) is 0 Å². The van der Waals surface area contributed by atoms with Crippen LogP contribution in [0.2, 0.25) is 0 Å². The molecule has 0 aliphatic carbocycles. The van der Waals surface area contributed by atoms with E-state index in [4.69, 9.17) is 9.15 Å². The number of ether oxygens (including phenoxy) is 1. The first-order valence-corrected chi connectivity index (χ1v) is 6.36. The van der Waals surface area contributed by atoms with Crippen LogP contribution in [-0.2, 0) is 9.53 Å². The fourth-order valence-corrected chi connectivity index (χ4v) is 1.78. The zero-order chi connectivity index (χ0) is 14.5. The first kappa shape index (κ1) is 14.1. The third-order valence-corrected chi connectivity index (χ3v) is 2.72. The molecule has 0 bridgehead atoms. The van der Waals surface area contributed by atoms with Crippen molar-refractivity contribution in [3.8, 4) is 11.3 Å². The largest absolute Gasteiger partial charge is 0.465 e. The van der Waals surface area contributed by atoms with Crippen molar-refractivity contribution >= 4 is 11.7 Å². The maximum Gasteiger partial charge on any atom is 0.325 e. The van der Waals surface area contributed by atoms with Crippen LogP contribution in [0, 0.1) is 12.7 Å². The number of carbonyl (C=O) groups is 1. The molecule has 0 saturated carbocycles. The summed E-state index contributed by atoms with van der Waals surface area (Å²) in [6.45, 7) is 3.78. The normalized spacial score (nSPS) is 10.3. The standard InChI is InChI=1S/C15H16FNO3/c1-3-19-15(18)9-17-13-8-11(5-6-12(13)16)14-7-4-10(2)20-14/h4-8,17H,3,9H2,1-2H3. The number of benzene rings is 1. The van der Waals surface area contributed by atoms with Crippen molar-refractivity contribution in [3.05, 3.63) is 41.9 Å². The maximum absolute atomic E-state index is 13.7. The second-order valence-corrected chi connectivity index (χ2v) is 4.26. The molecule has 2 rings (SSSR count). The van der Waals surface area contributed by atoms with Crippen LogP contribution in [0.5, 0.6) is 0 Å². The van der Waals surface area contributed by atoms with Crippen molar-refractivity contribution < 1.29 is 18.3 Å². The van der Waals surface area contributed by atoms with Crippen LogP contribution in [0.3, 0.4) is 0 Å². The molecule has 0 atom stereocenters. The van der Waals surface area contributed by atoms with E-state index < -0.39 is 11.8 Å². The first-order chi connectivity index (χ1) is 9.60. The van der Waals surface area contributed by atoms with Crippen molar-refractivity contribution in [1.29, 1.82) is 0 Å². The monoisotopic (exact) mass is 277 g/mol. The van der Waals surface area contributed by atoms with E-state index in [2.05, 4.69) is 5.32 Å². The minimum atomic E-state index is -0.429. The number of furan rings is 1. The van der Waals surface area contributed by atoms with E-state index in [1.807, 2.05) is 19.1 Å². The van der Waals surface area contributed by atoms with E-state index in [1.165, 1.54) is 6.07 Å². The second kappa shape index (κ2) is 6.23. The molecule has 1 aromatic heterocycles. The lowest BCUT2D eigenvalue weighted by Crippen LogP contribution is -2.17. The van der Waals surface area contributed by atoms with Crippen LogP contribution in [-0.4, -0.2) is 19.1 Å². The van der Waals surface area contributed by atoms with Gasteiger partial charge in [-0.25, -0.2) is 4.39 Å². The second-order valence-electron chi connectivity index (χ2n) is 4.26. The highest BCUT2D eigenvalue weighted by molar-refractivity contribution is 5.76. The van der Waals surface area contributed by atoms with Gasteiger partial charge in [-0.05, 0) is 44.2 Å². The average Bonchev–Trinajstić information content (AvgIpc) is 2.85. The van der Waals surface area contributed by atoms with Gasteiger partial charge >= 0.3 is 5.97 Å². The average molecular weight is 277 g/mol. The molecule has 0 saturated heterocycles. The SMILES string of the molecule is CCOC(=O)CNc1cc(-c2ccc(C)o2)ccc1F. The molecule has 0 radical (unpaired) electrons. The number of carbonyl (C=O) groups excluding carboxylic acids is 1. The topological polar surface area (TPSA) is 51.5 Å². The highest BCUT2D eigenvalue weighted by Crippen LogP contribution is 2.26. The Morgan fingerprint density at radius 2 is 2.15 bits per heavy atom. The molecule has 0 amide bonds. The third-order valence-electron chi connectivity index (χ3n) is 2.72. The van der Waals surface area contributed by atoms with Crippen LogP contribution < -0.4 is 5.32 Å². The van der Waals surface area contributed by atoms with E-state index in [-0.39, 0.29) is 12.2 Å². The van der Waals surface area contributed by atoms with Crippen molar-refractivity contribution in [3.63, 3.8) is 0 Å². The highest BCUT2D eigenvalue weighted by atomic mass is 19.1. The number of anilines is 1. The summed E-state index contributed by atoms with van der Waals surface area (Å²) in [5.41, 5.74) is 0.982. The number of aryl methyl sites for hydroxylation is 1. The summed E-state index contributed by atoms with van der Waals surface area (Å²) in [5.74, 6) is 0.583. The summed E-state index contributed by atoms with van der Waals surface area (Å²) < 4.78 is 23.9. The third kappa shape index (κ3) is 3.38. The Hall–Kier alpha value is -2.30. The minimum absolute atomic E-state index is 0.0780. The van der Waals surface area contributed by atoms with Gasteiger partial charge in [0.05, 0.1) is 12.3 Å². The number of esters is 1. The lowest BCUT2D eigenvalue weighted by Gasteiger charge is -2.08. The Kier molecular flexibility index (Phi) is 4.40. The molecule has 20 heavy (non-hydrogen) atoms. The molecular weight excluding hydrogens is 261 g/mol. The lowest BCUT2D eigenvalue weighted by molar-refractivity contribution is -0.140. The molecule has 0 spiro atoms. The van der Waals surface area contributed by atoms with Crippen molar-refractivity contribution in [2.45, 2.75) is 13.8 Å². The molecule has 1 heterocycles. The predicted octanol–water partition coefficient (Wildman–Crippen LogP) is 3.37. The molecule has 106 valence electrons. The smallest absolute Gasteiger partial charge is 0.325 e. The number of hydrogen-bond donors (Lipinski definition) is 1. The molecule has 0 aliphatic rings. The van der Waals surface area contributed by atoms with E-state index in [0.29, 0.717) is 12.4 Å². The van der Waals surface area contributed by atoms with Gasteiger partial charge in [-0.15, -0.1) is 0 Å². The van der Waals surface area contributed by atoms with Crippen LogP contribution in [0.1, 0.15) is 12.7 Å². The molecule has 0 fully saturated rings. The number of nitrogens with one attached hydrogen (secondary N) is 1. The number of rotatable bonds is 5. The summed E-state index contributed by atoms with van der Waals surface area (Å²) in [6.07, 6.45) is 0. The Labute approximate surface area is 116 Å². The Morgan fingerprint density at radius 3 is 2.80 bits per heavy atom. The molecule has 1 N–H and O–H groups in total. The summed E-state index contributed by atoms with van der Waals surface area (Å²) in [7, 11) is 0. The minimum Gasteiger partial charge on any atom is -0.465 e. The molecule has 2 aromatic rings. The summed E-state index contributed by atoms with van der Waals surface area (Å²) >= 11 is 0. The van der Waals surface area contributed by atoms with Gasteiger partial charge in [-0.3, -0.25) is 4.79 Å². The first-order valence-electron chi connectivity index (χ1n) is 6.36. The number of halogens is 1. The summed E-state index contributed by atoms with van der Waals surface area (Å²) in [5, 5.41) is 2.72. The Bertz CT molecular complexity index is 607. The molecule has 5 heteroatoms. The molecule has 0 unspecified atom stereocenters. The Balaban J connectivity index is 2.14. The van der Waals surface area contributed by atoms with Gasteiger partial charge in [0.1, 0.15) is 23.9 Å². The van der Waals surface area contributed by atoms with Crippen LogP contribution in [0.15, 0.2) is 34.7 Å². The zero-order valence-corrected chi connectivity index (χ0v) is 11.4. The Morgan fingerprint density at radius 1 is 1.35 bits per heavy atom. The van der Waals surface area contributed by atoms with Crippen LogP contribution >= 0.6 is 0 Å². The molecule has 0 aliphatic heterocycles. The summed E-state index contributed by atoms with van der Waals surface area (Å²) in [6, 6.07) is 8.22. The van der Waals surface area contributed by atoms with Gasteiger partial charge in [-0.1, -0.05) is 0 Å². The zero-order valence-electron chi connectivity index (χ0n) is 11.4. The van der Waals surface area contributed by atoms with Crippen molar-refractivity contribution in [1.82, 2.24) is 0 Å². The lowest BCUT2D eigenvalue weighted by atomic mass is 10.1. The molecule has 4 nitrogen and oxygen atoms in total. The summed E-state index contributed by atoms with van der Waals surface area (Å²) in [4.78, 5) is 11.3. The highest BCUT2D eigenvalue weighted by Gasteiger charge is 2.09. The van der Waals surface area contributed by atoms with Gasteiger partial charge in [0.15, 0.2) is 0 Å². The van der Waals surface area contributed by atoms with Gasteiger partial charge in [-0.2, -0.15) is 0 Å². The van der Waals surface area contributed by atoms with Crippen LogP contribution in [0.25, 0.3) is 11.3 Å². The quantitative estimate of drug-likeness (QED) is 0.851. The van der Waals surface area contributed by atoms with Gasteiger partial charge in [0, 0.05) is 5.56 Å². The van der Waals surface area contributed by atoms with Crippen molar-refractivity contribution in [2.75, 3.05) is 18.5 Å². The van der Waals surface area contributed by atoms with Gasteiger partial charge in [0.25, 0.3) is 0 Å². The molecule has 1 aromatic carbocycles. The van der Waals surface area contributed by atoms with Gasteiger partial charge < -0.3 is 14.5 Å². The van der Waals surface area contributed by atoms with E-state index >= 15 is 0 Å². The fraction of sp³-hybridized carbons (Fsp3) is 0.267. The maximum atomic E-state index is 13.7. The van der Waals surface area contributed by atoms with E-state index in [9.17, 15) is 9.18 Å². The van der Waals surface area contributed by atoms with E-state index in [0.717, 1.165) is 11.3 Å². The predicted molar refractivity (Wildman–Crippen MR) is 74.0 cm³/mol. The number of hydrogen-bond acceptors (Lipinski definition) is 4.